The summed E-state index contributed by atoms with van der Waals surface area (Å²) in [5, 5.41) is 9.01. The second kappa shape index (κ2) is 7.40. The molecule has 1 aliphatic rings. The molecule has 0 aliphatic carbocycles. The molecule has 1 atom stereocenters. The maximum absolute atomic E-state index is 12.6. The second-order valence-electron chi connectivity index (χ2n) is 6.06. The van der Waals surface area contributed by atoms with E-state index in [9.17, 15) is 9.59 Å². The Labute approximate surface area is 131 Å². The average molecular weight is 304 g/mol. The van der Waals surface area contributed by atoms with E-state index in [1.165, 1.54) is 0 Å². The van der Waals surface area contributed by atoms with Crippen LogP contribution in [0.15, 0.2) is 24.3 Å². The number of carboxylic acid groups (broad SMARTS) is 1. The molecule has 0 spiro atoms. The molecular formula is C17H24N2O3. The first-order chi connectivity index (χ1) is 10.5. The van der Waals surface area contributed by atoms with E-state index in [0.29, 0.717) is 13.1 Å². The number of carboxylic acids is 1. The van der Waals surface area contributed by atoms with Crippen molar-refractivity contribution in [3.05, 3.63) is 35.4 Å². The van der Waals surface area contributed by atoms with Gasteiger partial charge < -0.3 is 14.9 Å². The molecule has 1 aromatic rings. The largest absolute Gasteiger partial charge is 0.481 e. The predicted octanol–water partition coefficient (Wildman–Crippen LogP) is 1.86. The van der Waals surface area contributed by atoms with Crippen LogP contribution in [0.2, 0.25) is 0 Å². The fourth-order valence-corrected chi connectivity index (χ4v) is 2.78. The minimum Gasteiger partial charge on any atom is -0.481 e. The molecule has 1 aromatic carbocycles. The number of carbonyl (C=O) groups excluding carboxylic acids is 1. The van der Waals surface area contributed by atoms with Gasteiger partial charge in [-0.3, -0.25) is 9.59 Å². The number of hydrogen-bond donors (Lipinski definition) is 1. The van der Waals surface area contributed by atoms with Crippen molar-refractivity contribution >= 4 is 11.9 Å². The van der Waals surface area contributed by atoms with E-state index < -0.39 is 5.97 Å². The van der Waals surface area contributed by atoms with E-state index >= 15 is 0 Å². The smallest absolute Gasteiger partial charge is 0.307 e. The summed E-state index contributed by atoms with van der Waals surface area (Å²) in [4.78, 5) is 27.5. The van der Waals surface area contributed by atoms with Gasteiger partial charge in [-0.15, -0.1) is 0 Å². The van der Waals surface area contributed by atoms with Crippen LogP contribution in [0, 0.1) is 12.8 Å². The van der Waals surface area contributed by atoms with Crippen molar-refractivity contribution in [2.24, 2.45) is 5.92 Å². The number of aryl methyl sites for hydroxylation is 1. The molecule has 1 aliphatic heterocycles. The van der Waals surface area contributed by atoms with Gasteiger partial charge in [0, 0.05) is 31.7 Å². The fourth-order valence-electron chi connectivity index (χ4n) is 2.78. The monoisotopic (exact) mass is 304 g/mol. The van der Waals surface area contributed by atoms with E-state index in [0.717, 1.165) is 37.2 Å². The van der Waals surface area contributed by atoms with Crippen molar-refractivity contribution in [2.45, 2.75) is 20.3 Å². The molecule has 1 unspecified atom stereocenters. The third kappa shape index (κ3) is 4.31. The summed E-state index contributed by atoms with van der Waals surface area (Å²) in [5.41, 5.74) is 1.81. The Morgan fingerprint density at radius 2 is 2.00 bits per heavy atom. The van der Waals surface area contributed by atoms with Crippen LogP contribution in [-0.2, 0) is 4.79 Å². The molecule has 1 saturated heterocycles. The second-order valence-corrected chi connectivity index (χ2v) is 6.06. The topological polar surface area (TPSA) is 60.9 Å². The summed E-state index contributed by atoms with van der Waals surface area (Å²) in [5.74, 6) is -1.08. The molecule has 1 N–H and O–H groups in total. The van der Waals surface area contributed by atoms with E-state index in [-0.39, 0.29) is 11.8 Å². The van der Waals surface area contributed by atoms with E-state index in [2.05, 4.69) is 4.90 Å². The van der Waals surface area contributed by atoms with Gasteiger partial charge >= 0.3 is 5.97 Å². The van der Waals surface area contributed by atoms with Crippen molar-refractivity contribution in [3.8, 4) is 0 Å². The quantitative estimate of drug-likeness (QED) is 0.922. The van der Waals surface area contributed by atoms with Crippen molar-refractivity contribution in [1.82, 2.24) is 9.80 Å². The van der Waals surface area contributed by atoms with Gasteiger partial charge in [-0.2, -0.15) is 0 Å². The van der Waals surface area contributed by atoms with E-state index in [1.807, 2.05) is 36.1 Å². The maximum Gasteiger partial charge on any atom is 0.307 e. The summed E-state index contributed by atoms with van der Waals surface area (Å²) in [6.07, 6.45) is 0.879. The molecule has 2 rings (SSSR count). The lowest BCUT2D eigenvalue weighted by Crippen LogP contribution is -2.37. The Kier molecular flexibility index (Phi) is 5.55. The van der Waals surface area contributed by atoms with Crippen LogP contribution in [0.25, 0.3) is 0 Å². The van der Waals surface area contributed by atoms with Crippen LogP contribution in [0.4, 0.5) is 0 Å². The summed E-state index contributed by atoms with van der Waals surface area (Å²) >= 11 is 0. The number of hydrogen-bond acceptors (Lipinski definition) is 3. The Balaban J connectivity index is 1.95. The zero-order chi connectivity index (χ0) is 16.1. The third-order valence-corrected chi connectivity index (χ3v) is 4.09. The highest BCUT2D eigenvalue weighted by Gasteiger charge is 2.22. The minimum atomic E-state index is -0.767. The number of aliphatic carboxylic acids is 1. The molecule has 0 saturated carbocycles. The standard InChI is InChI=1S/C17H24N2O3/c1-13-5-3-6-15(11-13)16(20)19-8-4-7-18(9-10-19)12-14(2)17(21)22/h3,5-6,11,14H,4,7-10,12H2,1-2H3,(H,21,22). The summed E-state index contributed by atoms with van der Waals surface area (Å²) in [7, 11) is 0. The lowest BCUT2D eigenvalue weighted by Gasteiger charge is -2.23. The molecule has 0 radical (unpaired) electrons. The van der Waals surface area contributed by atoms with Crippen molar-refractivity contribution < 1.29 is 14.7 Å². The Bertz CT molecular complexity index is 544. The average Bonchev–Trinajstić information content (AvgIpc) is 2.72. The molecule has 120 valence electrons. The molecule has 0 bridgehead atoms. The van der Waals surface area contributed by atoms with Crippen LogP contribution in [0.3, 0.4) is 0 Å². The van der Waals surface area contributed by atoms with Crippen molar-refractivity contribution in [1.29, 1.82) is 0 Å². The van der Waals surface area contributed by atoms with Crippen LogP contribution in [-0.4, -0.2) is 59.5 Å². The highest BCUT2D eigenvalue weighted by molar-refractivity contribution is 5.94. The van der Waals surface area contributed by atoms with Crippen molar-refractivity contribution in [3.63, 3.8) is 0 Å². The summed E-state index contributed by atoms with van der Waals surface area (Å²) < 4.78 is 0. The number of carbonyl (C=O) groups is 2. The normalized spacial score (nSPS) is 17.8. The Morgan fingerprint density at radius 1 is 1.23 bits per heavy atom. The number of nitrogens with zero attached hydrogens (tertiary/aromatic N) is 2. The summed E-state index contributed by atoms with van der Waals surface area (Å²) in [6.45, 7) is 7.20. The SMILES string of the molecule is Cc1cccc(C(=O)N2CCCN(CC(C)C(=O)O)CC2)c1. The summed E-state index contributed by atoms with van der Waals surface area (Å²) in [6, 6.07) is 7.65. The van der Waals surface area contributed by atoms with Gasteiger partial charge in [-0.05, 0) is 32.0 Å². The molecular weight excluding hydrogens is 280 g/mol. The molecule has 0 aromatic heterocycles. The maximum atomic E-state index is 12.6. The zero-order valence-electron chi connectivity index (χ0n) is 13.3. The number of benzene rings is 1. The molecule has 1 fully saturated rings. The van der Waals surface area contributed by atoms with Crippen molar-refractivity contribution in [2.75, 3.05) is 32.7 Å². The first-order valence-electron chi connectivity index (χ1n) is 7.78. The van der Waals surface area contributed by atoms with Gasteiger partial charge in [0.1, 0.15) is 0 Å². The van der Waals surface area contributed by atoms with Gasteiger partial charge in [-0.25, -0.2) is 0 Å². The van der Waals surface area contributed by atoms with Gasteiger partial charge in [0.25, 0.3) is 5.91 Å². The fraction of sp³-hybridized carbons (Fsp3) is 0.529. The van der Waals surface area contributed by atoms with Gasteiger partial charge in [-0.1, -0.05) is 24.6 Å². The highest BCUT2D eigenvalue weighted by Crippen LogP contribution is 2.12. The Morgan fingerprint density at radius 3 is 2.68 bits per heavy atom. The molecule has 5 heteroatoms. The van der Waals surface area contributed by atoms with Gasteiger partial charge in [0.15, 0.2) is 0 Å². The number of rotatable bonds is 4. The first kappa shape index (κ1) is 16.5. The van der Waals surface area contributed by atoms with E-state index in [4.69, 9.17) is 5.11 Å². The predicted molar refractivity (Wildman–Crippen MR) is 84.9 cm³/mol. The van der Waals surface area contributed by atoms with Crippen LogP contribution in [0.5, 0.6) is 0 Å². The third-order valence-electron chi connectivity index (χ3n) is 4.09. The molecule has 5 nitrogen and oxygen atoms in total. The van der Waals surface area contributed by atoms with Gasteiger partial charge in [0.2, 0.25) is 0 Å². The highest BCUT2D eigenvalue weighted by atomic mass is 16.4. The molecule has 1 heterocycles. The van der Waals surface area contributed by atoms with Crippen LogP contribution < -0.4 is 0 Å². The first-order valence-corrected chi connectivity index (χ1v) is 7.78. The zero-order valence-corrected chi connectivity index (χ0v) is 13.3. The van der Waals surface area contributed by atoms with Gasteiger partial charge in [0.05, 0.1) is 5.92 Å². The molecule has 22 heavy (non-hydrogen) atoms. The van der Waals surface area contributed by atoms with E-state index in [1.54, 1.807) is 6.92 Å². The van der Waals surface area contributed by atoms with Crippen LogP contribution in [0.1, 0.15) is 29.3 Å². The van der Waals surface area contributed by atoms with Crippen LogP contribution >= 0.6 is 0 Å². The lowest BCUT2D eigenvalue weighted by molar-refractivity contribution is -0.141. The minimum absolute atomic E-state index is 0.0665. The lowest BCUT2D eigenvalue weighted by atomic mass is 10.1. The Hall–Kier alpha value is -1.88. The number of amides is 1. The molecule has 1 amide bonds.